The molecule has 0 unspecified atom stereocenters. The molecular weight excluding hydrogens is 397 g/mol. The number of aromatic nitrogens is 2. The van der Waals surface area contributed by atoms with Crippen molar-refractivity contribution in [2.75, 3.05) is 18.0 Å². The van der Waals surface area contributed by atoms with E-state index in [4.69, 9.17) is 4.42 Å². The van der Waals surface area contributed by atoms with Crippen molar-refractivity contribution in [1.29, 1.82) is 0 Å². The number of alkyl halides is 3. The Morgan fingerprint density at radius 1 is 1.07 bits per heavy atom. The number of benzene rings is 1. The van der Waals surface area contributed by atoms with Crippen LogP contribution in [0.15, 0.2) is 59.6 Å². The molecule has 1 fully saturated rings. The van der Waals surface area contributed by atoms with Gasteiger partial charge < -0.3 is 14.6 Å². The predicted octanol–water partition coefficient (Wildman–Crippen LogP) is 4.15. The molecule has 0 saturated carbocycles. The third-order valence-corrected chi connectivity index (χ3v) is 5.09. The van der Waals surface area contributed by atoms with Crippen LogP contribution in [0.5, 0.6) is 0 Å². The van der Waals surface area contributed by atoms with Crippen LogP contribution >= 0.6 is 0 Å². The fourth-order valence-electron chi connectivity index (χ4n) is 3.41. The lowest BCUT2D eigenvalue weighted by Crippen LogP contribution is -2.45. The Morgan fingerprint density at radius 2 is 1.80 bits per heavy atom. The van der Waals surface area contributed by atoms with Gasteiger partial charge >= 0.3 is 6.18 Å². The largest absolute Gasteiger partial charge is 0.444 e. The Bertz CT molecular complexity index is 979. The van der Waals surface area contributed by atoms with Crippen LogP contribution in [-0.4, -0.2) is 35.0 Å². The maximum atomic E-state index is 12.7. The lowest BCUT2D eigenvalue weighted by atomic mass is 10.0. The third-order valence-electron chi connectivity index (χ3n) is 5.09. The van der Waals surface area contributed by atoms with Crippen LogP contribution in [0.1, 0.15) is 28.8 Å². The second-order valence-electron chi connectivity index (χ2n) is 7.08. The SMILES string of the molecule is O=C(NC1CCN(c2ccc(C(F)(F)F)cn2)CC1)c1ccc(-c2cnco2)cc1. The van der Waals surface area contributed by atoms with E-state index >= 15 is 0 Å². The average Bonchev–Trinajstić information content (AvgIpc) is 3.29. The number of oxazole rings is 1. The third kappa shape index (κ3) is 4.45. The first-order valence-corrected chi connectivity index (χ1v) is 9.48. The number of hydrogen-bond donors (Lipinski definition) is 1. The van der Waals surface area contributed by atoms with Crippen LogP contribution in [0.4, 0.5) is 19.0 Å². The highest BCUT2D eigenvalue weighted by Crippen LogP contribution is 2.30. The molecule has 4 rings (SSSR count). The van der Waals surface area contributed by atoms with Gasteiger partial charge in [-0.2, -0.15) is 13.2 Å². The summed E-state index contributed by atoms with van der Waals surface area (Å²) in [5.41, 5.74) is 0.620. The number of hydrogen-bond acceptors (Lipinski definition) is 5. The quantitative estimate of drug-likeness (QED) is 0.692. The van der Waals surface area contributed by atoms with Crippen molar-refractivity contribution in [3.05, 3.63) is 66.3 Å². The summed E-state index contributed by atoms with van der Waals surface area (Å²) in [5.74, 6) is 0.979. The zero-order valence-corrected chi connectivity index (χ0v) is 15.9. The van der Waals surface area contributed by atoms with E-state index in [1.165, 1.54) is 12.5 Å². The van der Waals surface area contributed by atoms with E-state index in [1.54, 1.807) is 30.5 Å². The van der Waals surface area contributed by atoms with Gasteiger partial charge in [0.25, 0.3) is 5.91 Å². The molecule has 0 radical (unpaired) electrons. The summed E-state index contributed by atoms with van der Waals surface area (Å²) in [7, 11) is 0. The summed E-state index contributed by atoms with van der Waals surface area (Å²) < 4.78 is 43.2. The molecule has 1 N–H and O–H groups in total. The van der Waals surface area contributed by atoms with Crippen LogP contribution in [0.3, 0.4) is 0 Å². The minimum absolute atomic E-state index is 0.00264. The van der Waals surface area contributed by atoms with E-state index in [0.717, 1.165) is 17.8 Å². The van der Waals surface area contributed by atoms with Gasteiger partial charge in [0, 0.05) is 36.5 Å². The van der Waals surface area contributed by atoms with Gasteiger partial charge in [0.2, 0.25) is 0 Å². The van der Waals surface area contributed by atoms with E-state index in [-0.39, 0.29) is 11.9 Å². The number of carbonyl (C=O) groups excluding carboxylic acids is 1. The van der Waals surface area contributed by atoms with E-state index in [1.807, 2.05) is 4.90 Å². The number of amides is 1. The van der Waals surface area contributed by atoms with Crippen LogP contribution in [-0.2, 0) is 6.18 Å². The Balaban J connectivity index is 1.30. The first kappa shape index (κ1) is 19.9. The standard InChI is InChI=1S/C21H19F3N4O2/c22-21(23,24)16-5-6-19(26-11-16)28-9-7-17(8-10-28)27-20(29)15-3-1-14(2-4-15)18-12-25-13-30-18/h1-6,11-13,17H,7-10H2,(H,27,29). The van der Waals surface area contributed by atoms with Crippen molar-refractivity contribution < 1.29 is 22.4 Å². The maximum absolute atomic E-state index is 12.7. The fourth-order valence-corrected chi connectivity index (χ4v) is 3.41. The molecule has 156 valence electrons. The van der Waals surface area contributed by atoms with Gasteiger partial charge in [0.05, 0.1) is 11.8 Å². The second kappa shape index (κ2) is 8.17. The van der Waals surface area contributed by atoms with E-state index in [0.29, 0.717) is 43.1 Å². The number of pyridine rings is 1. The normalized spacial score (nSPS) is 15.2. The molecule has 1 aliphatic rings. The average molecular weight is 416 g/mol. The Kier molecular flexibility index (Phi) is 5.43. The van der Waals surface area contributed by atoms with Gasteiger partial charge in [-0.25, -0.2) is 9.97 Å². The summed E-state index contributed by atoms with van der Waals surface area (Å²) in [6.45, 7) is 1.21. The topological polar surface area (TPSA) is 71.3 Å². The Hall–Kier alpha value is -3.36. The van der Waals surface area contributed by atoms with E-state index in [9.17, 15) is 18.0 Å². The minimum atomic E-state index is -4.39. The summed E-state index contributed by atoms with van der Waals surface area (Å²) in [6.07, 6.45) is 0.785. The smallest absolute Gasteiger partial charge is 0.417 e. The highest BCUT2D eigenvalue weighted by atomic mass is 19.4. The molecule has 6 nitrogen and oxygen atoms in total. The van der Waals surface area contributed by atoms with Gasteiger partial charge in [-0.05, 0) is 37.1 Å². The van der Waals surface area contributed by atoms with Crippen molar-refractivity contribution in [2.45, 2.75) is 25.1 Å². The summed E-state index contributed by atoms with van der Waals surface area (Å²) in [6, 6.07) is 9.49. The number of halogens is 3. The number of nitrogens with one attached hydrogen (secondary N) is 1. The molecule has 1 amide bonds. The van der Waals surface area contributed by atoms with Crippen molar-refractivity contribution in [3.8, 4) is 11.3 Å². The molecule has 1 saturated heterocycles. The number of anilines is 1. The molecular formula is C21H19F3N4O2. The van der Waals surface area contributed by atoms with Gasteiger partial charge in [-0.3, -0.25) is 4.79 Å². The molecule has 1 aliphatic heterocycles. The number of piperidine rings is 1. The molecule has 3 aromatic rings. The van der Waals surface area contributed by atoms with Crippen LogP contribution in [0.25, 0.3) is 11.3 Å². The first-order chi connectivity index (χ1) is 14.4. The molecule has 9 heteroatoms. The van der Waals surface area contributed by atoms with Crippen LogP contribution < -0.4 is 10.2 Å². The van der Waals surface area contributed by atoms with Crippen LogP contribution in [0.2, 0.25) is 0 Å². The van der Waals surface area contributed by atoms with Crippen molar-refractivity contribution in [3.63, 3.8) is 0 Å². The lowest BCUT2D eigenvalue weighted by Gasteiger charge is -2.33. The molecule has 2 aromatic heterocycles. The number of nitrogens with zero attached hydrogens (tertiary/aromatic N) is 3. The van der Waals surface area contributed by atoms with Crippen LogP contribution in [0, 0.1) is 0 Å². The minimum Gasteiger partial charge on any atom is -0.444 e. The molecule has 0 spiro atoms. The van der Waals surface area contributed by atoms with E-state index < -0.39 is 11.7 Å². The Labute approximate surface area is 170 Å². The molecule has 0 bridgehead atoms. The van der Waals surface area contributed by atoms with Gasteiger partial charge in [0.15, 0.2) is 12.2 Å². The predicted molar refractivity (Wildman–Crippen MR) is 104 cm³/mol. The highest BCUT2D eigenvalue weighted by molar-refractivity contribution is 5.94. The van der Waals surface area contributed by atoms with Gasteiger partial charge in [-0.1, -0.05) is 12.1 Å². The summed E-state index contributed by atoms with van der Waals surface area (Å²) in [4.78, 5) is 22.3. The molecule has 1 aromatic carbocycles. The summed E-state index contributed by atoms with van der Waals surface area (Å²) in [5, 5.41) is 3.02. The molecule has 0 aliphatic carbocycles. The molecule has 0 atom stereocenters. The van der Waals surface area contributed by atoms with Crippen molar-refractivity contribution >= 4 is 11.7 Å². The molecule has 3 heterocycles. The number of rotatable bonds is 4. The fraction of sp³-hybridized carbons (Fsp3) is 0.286. The number of carbonyl (C=O) groups is 1. The first-order valence-electron chi connectivity index (χ1n) is 9.48. The zero-order chi connectivity index (χ0) is 21.1. The van der Waals surface area contributed by atoms with Gasteiger partial charge in [-0.15, -0.1) is 0 Å². The maximum Gasteiger partial charge on any atom is 0.417 e. The molecule has 30 heavy (non-hydrogen) atoms. The van der Waals surface area contributed by atoms with Gasteiger partial charge in [0.1, 0.15) is 5.82 Å². The lowest BCUT2D eigenvalue weighted by molar-refractivity contribution is -0.137. The monoisotopic (exact) mass is 416 g/mol. The van der Waals surface area contributed by atoms with Crippen molar-refractivity contribution in [1.82, 2.24) is 15.3 Å². The summed E-state index contributed by atoms with van der Waals surface area (Å²) >= 11 is 0. The van der Waals surface area contributed by atoms with E-state index in [2.05, 4.69) is 15.3 Å². The Morgan fingerprint density at radius 3 is 2.37 bits per heavy atom. The zero-order valence-electron chi connectivity index (χ0n) is 15.9. The second-order valence-corrected chi connectivity index (χ2v) is 7.08. The van der Waals surface area contributed by atoms with Crippen molar-refractivity contribution in [2.24, 2.45) is 0 Å². The highest BCUT2D eigenvalue weighted by Gasteiger charge is 2.31.